The molecule has 1 aliphatic carbocycles. The summed E-state index contributed by atoms with van der Waals surface area (Å²) in [5.74, 6) is 0.661. The van der Waals surface area contributed by atoms with E-state index in [1.807, 2.05) is 24.3 Å². The van der Waals surface area contributed by atoms with Crippen LogP contribution in [-0.2, 0) is 15.2 Å². The quantitative estimate of drug-likeness (QED) is 0.719. The number of thiol groups is 1. The molecule has 1 saturated carbocycles. The van der Waals surface area contributed by atoms with E-state index in [0.717, 1.165) is 44.2 Å². The number of hydrogen-bond acceptors (Lipinski definition) is 5. The maximum absolute atomic E-state index is 11.3. The Morgan fingerprint density at radius 1 is 1.27 bits per heavy atom. The molecule has 0 heterocycles. The van der Waals surface area contributed by atoms with Crippen molar-refractivity contribution in [1.29, 1.82) is 0 Å². The van der Waals surface area contributed by atoms with Gasteiger partial charge in [0.25, 0.3) is 11.0 Å². The van der Waals surface area contributed by atoms with Gasteiger partial charge < -0.3 is 10.1 Å². The summed E-state index contributed by atoms with van der Waals surface area (Å²) in [4.78, 5) is 0. The Labute approximate surface area is 134 Å². The summed E-state index contributed by atoms with van der Waals surface area (Å²) in [5.41, 5.74) is 0.440. The molecule has 1 N–H and O–H groups in total. The van der Waals surface area contributed by atoms with Gasteiger partial charge in [0, 0.05) is 5.56 Å². The predicted octanol–water partition coefficient (Wildman–Crippen LogP) is 2.59. The molecule has 0 saturated heterocycles. The number of benzene rings is 1. The Kier molecular flexibility index (Phi) is 6.23. The van der Waals surface area contributed by atoms with E-state index in [0.29, 0.717) is 5.75 Å². The second-order valence-corrected chi connectivity index (χ2v) is 6.40. The Morgan fingerprint density at radius 2 is 1.95 bits per heavy atom. The van der Waals surface area contributed by atoms with Crippen molar-refractivity contribution in [2.24, 2.45) is 0 Å². The van der Waals surface area contributed by atoms with Crippen molar-refractivity contribution < 1.29 is 17.3 Å². The number of para-hydroxylation sites is 1. The largest absolute Gasteiger partial charge is 0.496 e. The zero-order valence-electron chi connectivity index (χ0n) is 13.2. The van der Waals surface area contributed by atoms with Gasteiger partial charge in [-0.15, -0.1) is 0 Å². The lowest BCUT2D eigenvalue weighted by atomic mass is 9.85. The molecular formula is C16H25NO4S. The molecule has 0 amide bonds. The molecule has 0 aromatic heterocycles. The summed E-state index contributed by atoms with van der Waals surface area (Å²) < 4.78 is 33.4. The molecule has 5 nitrogen and oxygen atoms in total. The molecule has 0 spiro atoms. The third-order valence-corrected chi connectivity index (χ3v) is 4.72. The summed E-state index contributed by atoms with van der Waals surface area (Å²) in [6.07, 6.45) is 4.38. The number of rotatable bonds is 8. The highest BCUT2D eigenvalue weighted by Gasteiger charge is 2.44. The minimum absolute atomic E-state index is 0.347. The Hall–Kier alpha value is -1.11. The lowest BCUT2D eigenvalue weighted by molar-refractivity contribution is 0.0923. The van der Waals surface area contributed by atoms with E-state index in [-0.39, 0.29) is 5.54 Å². The van der Waals surface area contributed by atoms with Crippen molar-refractivity contribution in [2.75, 3.05) is 13.7 Å². The van der Waals surface area contributed by atoms with Gasteiger partial charge in [-0.1, -0.05) is 38.0 Å². The van der Waals surface area contributed by atoms with E-state index in [1.165, 1.54) is 0 Å². The first-order valence-electron chi connectivity index (χ1n) is 7.82. The first kappa shape index (κ1) is 17.2. The van der Waals surface area contributed by atoms with Crippen molar-refractivity contribution in [3.8, 4) is 5.75 Å². The second-order valence-electron chi connectivity index (χ2n) is 5.74. The van der Waals surface area contributed by atoms with E-state index < -0.39 is 17.1 Å². The summed E-state index contributed by atoms with van der Waals surface area (Å²) in [6, 6.07) is 7.48. The summed E-state index contributed by atoms with van der Waals surface area (Å²) in [7, 11) is -1.35. The lowest BCUT2D eigenvalue weighted by Gasteiger charge is -2.37. The van der Waals surface area contributed by atoms with Gasteiger partial charge in [0.2, 0.25) is 0 Å². The fourth-order valence-electron chi connectivity index (χ4n) is 3.34. The molecule has 1 atom stereocenters. The van der Waals surface area contributed by atoms with Crippen LogP contribution in [0.2, 0.25) is 0 Å². The van der Waals surface area contributed by atoms with Gasteiger partial charge in [-0.3, -0.25) is 4.18 Å². The number of nitrogens with one attached hydrogen (secondary N) is 1. The summed E-state index contributed by atoms with van der Waals surface area (Å²) in [6.45, 7) is 2.94. The van der Waals surface area contributed by atoms with Crippen LogP contribution in [0.1, 0.15) is 50.7 Å². The van der Waals surface area contributed by atoms with Crippen molar-refractivity contribution in [1.82, 2.24) is 5.32 Å². The van der Waals surface area contributed by atoms with Crippen LogP contribution in [-0.4, -0.2) is 27.6 Å². The molecule has 6 heteroatoms. The molecular weight excluding hydrogens is 302 g/mol. The van der Waals surface area contributed by atoms with Crippen LogP contribution in [0, 0.1) is 0 Å². The van der Waals surface area contributed by atoms with Crippen LogP contribution in [0.25, 0.3) is 0 Å². The molecule has 0 aliphatic heterocycles. The topological polar surface area (TPSA) is 64.6 Å². The highest BCUT2D eigenvalue weighted by atomic mass is 32.2. The first-order valence-corrected chi connectivity index (χ1v) is 8.91. The second kappa shape index (κ2) is 7.94. The zero-order chi connectivity index (χ0) is 16.0. The molecule has 1 aliphatic rings. The average Bonchev–Trinajstić information content (AvgIpc) is 3.00. The van der Waals surface area contributed by atoms with E-state index in [9.17, 15) is 8.42 Å². The zero-order valence-corrected chi connectivity index (χ0v) is 14.1. The highest BCUT2D eigenvalue weighted by molar-refractivity contribution is 7.67. The molecule has 1 aromatic carbocycles. The maximum Gasteiger partial charge on any atom is 0.257 e. The third kappa shape index (κ3) is 3.80. The number of methoxy groups -OCH3 is 1. The van der Waals surface area contributed by atoms with Crippen molar-refractivity contribution in [3.63, 3.8) is 0 Å². The highest BCUT2D eigenvalue weighted by Crippen LogP contribution is 2.44. The van der Waals surface area contributed by atoms with Gasteiger partial charge in [-0.25, -0.2) is 8.42 Å². The maximum atomic E-state index is 11.3. The SMILES string of the molecule is CCCNC1(C(O[SH](=O)=O)c2ccccc2OC)CCCC1. The van der Waals surface area contributed by atoms with Gasteiger partial charge in [0.1, 0.15) is 11.9 Å². The van der Waals surface area contributed by atoms with Gasteiger partial charge in [-0.05, 0) is 31.9 Å². The molecule has 1 aromatic rings. The minimum Gasteiger partial charge on any atom is -0.496 e. The molecule has 0 bridgehead atoms. The van der Waals surface area contributed by atoms with Gasteiger partial charge >= 0.3 is 0 Å². The molecule has 2 rings (SSSR count). The lowest BCUT2D eigenvalue weighted by Crippen LogP contribution is -2.49. The van der Waals surface area contributed by atoms with Crippen molar-refractivity contribution in [2.45, 2.75) is 50.7 Å². The van der Waals surface area contributed by atoms with Crippen LogP contribution in [0.15, 0.2) is 24.3 Å². The molecule has 1 fully saturated rings. The van der Waals surface area contributed by atoms with Gasteiger partial charge in [0.05, 0.1) is 12.6 Å². The molecule has 1 unspecified atom stereocenters. The Morgan fingerprint density at radius 3 is 2.55 bits per heavy atom. The molecule has 124 valence electrons. The average molecular weight is 327 g/mol. The minimum atomic E-state index is -2.94. The van der Waals surface area contributed by atoms with Crippen molar-refractivity contribution in [3.05, 3.63) is 29.8 Å². The molecule has 22 heavy (non-hydrogen) atoms. The van der Waals surface area contributed by atoms with Gasteiger partial charge in [-0.2, -0.15) is 0 Å². The summed E-state index contributed by atoms with van der Waals surface area (Å²) >= 11 is 0. The standard InChI is InChI=1S/C16H25NO4S/c1-3-12-17-16(10-6-7-11-16)15(21-22(18)19)13-8-4-5-9-14(13)20-2/h4-5,8-9,15,17,22H,3,6-7,10-12H2,1-2H3. The van der Waals surface area contributed by atoms with E-state index in [1.54, 1.807) is 7.11 Å². The summed E-state index contributed by atoms with van der Waals surface area (Å²) in [5, 5.41) is 3.55. The fourth-order valence-corrected chi connectivity index (χ4v) is 3.82. The number of hydrogen-bond donors (Lipinski definition) is 2. The third-order valence-electron chi connectivity index (χ3n) is 4.34. The van der Waals surface area contributed by atoms with Crippen LogP contribution in [0.5, 0.6) is 5.75 Å². The number of ether oxygens (including phenoxy) is 1. The van der Waals surface area contributed by atoms with Crippen LogP contribution in [0.4, 0.5) is 0 Å². The monoisotopic (exact) mass is 327 g/mol. The van der Waals surface area contributed by atoms with E-state index >= 15 is 0 Å². The fraction of sp³-hybridized carbons (Fsp3) is 0.625. The van der Waals surface area contributed by atoms with Crippen LogP contribution < -0.4 is 10.1 Å². The smallest absolute Gasteiger partial charge is 0.257 e. The predicted molar refractivity (Wildman–Crippen MR) is 86.6 cm³/mol. The first-order chi connectivity index (χ1) is 10.6. The van der Waals surface area contributed by atoms with Crippen LogP contribution in [0.3, 0.4) is 0 Å². The Bertz CT molecular complexity index is 545. The Balaban J connectivity index is 2.43. The van der Waals surface area contributed by atoms with Crippen molar-refractivity contribution >= 4 is 11.0 Å². The molecule has 0 radical (unpaired) electrons. The van der Waals surface area contributed by atoms with Gasteiger partial charge in [0.15, 0.2) is 0 Å². The van der Waals surface area contributed by atoms with E-state index in [4.69, 9.17) is 8.92 Å². The normalized spacial score (nSPS) is 18.5. The van der Waals surface area contributed by atoms with Crippen LogP contribution >= 0.6 is 0 Å². The van der Waals surface area contributed by atoms with E-state index in [2.05, 4.69) is 12.2 Å².